The number of hydrogen-bond donors (Lipinski definition) is 1. The Morgan fingerprint density at radius 1 is 1.00 bits per heavy atom. The zero-order valence-corrected chi connectivity index (χ0v) is 12.4. The summed E-state index contributed by atoms with van der Waals surface area (Å²) in [6, 6.07) is 7.72. The molecule has 0 radical (unpaired) electrons. The lowest BCUT2D eigenvalue weighted by atomic mass is 9.96. The molecule has 0 saturated heterocycles. The van der Waals surface area contributed by atoms with Crippen LogP contribution in [0.1, 0.15) is 51.9 Å². The molecule has 20 heavy (non-hydrogen) atoms. The van der Waals surface area contributed by atoms with E-state index in [4.69, 9.17) is 9.47 Å². The van der Waals surface area contributed by atoms with Gasteiger partial charge in [0.2, 0.25) is 0 Å². The number of ether oxygens (including phenoxy) is 2. The van der Waals surface area contributed by atoms with Gasteiger partial charge in [0.1, 0.15) is 17.6 Å². The normalized spacial score (nSPS) is 23.7. The highest BCUT2D eigenvalue weighted by Crippen LogP contribution is 2.24. The van der Waals surface area contributed by atoms with E-state index in [1.165, 1.54) is 12.8 Å². The van der Waals surface area contributed by atoms with Crippen LogP contribution in [0.4, 0.5) is 0 Å². The molecule has 0 aromatic heterocycles. The molecule has 0 heterocycles. The van der Waals surface area contributed by atoms with Crippen molar-refractivity contribution in [2.45, 2.75) is 64.1 Å². The molecule has 1 aliphatic rings. The average Bonchev–Trinajstić information content (AvgIpc) is 2.46. The summed E-state index contributed by atoms with van der Waals surface area (Å²) in [7, 11) is 0. The number of benzene rings is 1. The Bertz CT molecular complexity index is 374. The molecule has 3 heteroatoms. The standard InChI is InChI=1S/C17H26O3/c1-2-13-19-14-9-11-15(12-10-14)20-17-8-6-4-3-5-7-16(17)18/h9-12,16-18H,2-8,13H2,1H3. The molecule has 1 aromatic rings. The Labute approximate surface area is 121 Å². The van der Waals surface area contributed by atoms with Crippen molar-refractivity contribution in [3.05, 3.63) is 24.3 Å². The lowest BCUT2D eigenvalue weighted by Gasteiger charge is -2.26. The summed E-state index contributed by atoms with van der Waals surface area (Å²) in [5.41, 5.74) is 0. The third-order valence-electron chi connectivity index (χ3n) is 3.75. The van der Waals surface area contributed by atoms with Gasteiger partial charge >= 0.3 is 0 Å². The van der Waals surface area contributed by atoms with Crippen molar-refractivity contribution in [3.63, 3.8) is 0 Å². The van der Waals surface area contributed by atoms with Crippen LogP contribution in [0, 0.1) is 0 Å². The topological polar surface area (TPSA) is 38.7 Å². The lowest BCUT2D eigenvalue weighted by Crippen LogP contribution is -2.32. The van der Waals surface area contributed by atoms with E-state index in [1.54, 1.807) is 0 Å². The molecule has 1 fully saturated rings. The van der Waals surface area contributed by atoms with Crippen molar-refractivity contribution in [3.8, 4) is 11.5 Å². The Balaban J connectivity index is 1.90. The van der Waals surface area contributed by atoms with E-state index in [9.17, 15) is 5.11 Å². The molecule has 2 rings (SSSR count). The van der Waals surface area contributed by atoms with Crippen LogP contribution in [0.15, 0.2) is 24.3 Å². The minimum absolute atomic E-state index is 0.0716. The number of rotatable bonds is 5. The summed E-state index contributed by atoms with van der Waals surface area (Å²) < 4.78 is 11.5. The number of aliphatic hydroxyl groups excluding tert-OH is 1. The van der Waals surface area contributed by atoms with Crippen molar-refractivity contribution in [2.24, 2.45) is 0 Å². The molecule has 0 aliphatic heterocycles. The van der Waals surface area contributed by atoms with E-state index in [2.05, 4.69) is 6.92 Å². The molecule has 1 aliphatic carbocycles. The van der Waals surface area contributed by atoms with E-state index in [0.717, 1.165) is 50.2 Å². The third-order valence-corrected chi connectivity index (χ3v) is 3.75. The Morgan fingerprint density at radius 3 is 2.35 bits per heavy atom. The van der Waals surface area contributed by atoms with Gasteiger partial charge in [-0.15, -0.1) is 0 Å². The van der Waals surface area contributed by atoms with Gasteiger partial charge in [0.25, 0.3) is 0 Å². The quantitative estimate of drug-likeness (QED) is 0.886. The zero-order chi connectivity index (χ0) is 14.2. The van der Waals surface area contributed by atoms with E-state index in [-0.39, 0.29) is 12.2 Å². The molecule has 0 spiro atoms. The van der Waals surface area contributed by atoms with Crippen LogP contribution in [-0.4, -0.2) is 23.9 Å². The van der Waals surface area contributed by atoms with Gasteiger partial charge in [0.15, 0.2) is 0 Å². The first-order valence-electron chi connectivity index (χ1n) is 7.87. The first-order chi connectivity index (χ1) is 9.79. The lowest BCUT2D eigenvalue weighted by molar-refractivity contribution is 0.0187. The maximum atomic E-state index is 10.2. The predicted octanol–water partition coefficient (Wildman–Crippen LogP) is 3.94. The predicted molar refractivity (Wildman–Crippen MR) is 80.4 cm³/mol. The van der Waals surface area contributed by atoms with Crippen molar-refractivity contribution in [1.29, 1.82) is 0 Å². The van der Waals surface area contributed by atoms with Crippen LogP contribution in [0.5, 0.6) is 11.5 Å². The van der Waals surface area contributed by atoms with Gasteiger partial charge in [0, 0.05) is 0 Å². The maximum absolute atomic E-state index is 10.2. The molecule has 1 aromatic carbocycles. The minimum atomic E-state index is -0.341. The van der Waals surface area contributed by atoms with E-state index in [0.29, 0.717) is 0 Å². The first-order valence-corrected chi connectivity index (χ1v) is 7.87. The molecule has 1 N–H and O–H groups in total. The SMILES string of the molecule is CCCOc1ccc(OC2CCCCCCC2O)cc1. The smallest absolute Gasteiger partial charge is 0.124 e. The Hall–Kier alpha value is -1.22. The fraction of sp³-hybridized carbons (Fsp3) is 0.647. The van der Waals surface area contributed by atoms with Gasteiger partial charge in [0.05, 0.1) is 12.7 Å². The maximum Gasteiger partial charge on any atom is 0.124 e. The molecule has 0 bridgehead atoms. The highest BCUT2D eigenvalue weighted by atomic mass is 16.5. The molecule has 112 valence electrons. The van der Waals surface area contributed by atoms with Crippen LogP contribution >= 0.6 is 0 Å². The Morgan fingerprint density at radius 2 is 1.65 bits per heavy atom. The highest BCUT2D eigenvalue weighted by Gasteiger charge is 2.22. The van der Waals surface area contributed by atoms with Gasteiger partial charge in [-0.3, -0.25) is 0 Å². The summed E-state index contributed by atoms with van der Waals surface area (Å²) >= 11 is 0. The van der Waals surface area contributed by atoms with Crippen LogP contribution in [0.3, 0.4) is 0 Å². The second-order valence-corrected chi connectivity index (χ2v) is 5.54. The molecule has 1 saturated carbocycles. The van der Waals surface area contributed by atoms with Crippen LogP contribution in [0.2, 0.25) is 0 Å². The fourth-order valence-electron chi connectivity index (χ4n) is 2.58. The second kappa shape index (κ2) is 8.15. The largest absolute Gasteiger partial charge is 0.494 e. The van der Waals surface area contributed by atoms with Crippen molar-refractivity contribution in [1.82, 2.24) is 0 Å². The average molecular weight is 278 g/mol. The highest BCUT2D eigenvalue weighted by molar-refractivity contribution is 5.31. The minimum Gasteiger partial charge on any atom is -0.494 e. The summed E-state index contributed by atoms with van der Waals surface area (Å²) in [4.78, 5) is 0. The summed E-state index contributed by atoms with van der Waals surface area (Å²) in [6.07, 6.45) is 7.10. The fourth-order valence-corrected chi connectivity index (χ4v) is 2.58. The van der Waals surface area contributed by atoms with Crippen molar-refractivity contribution in [2.75, 3.05) is 6.61 Å². The van der Waals surface area contributed by atoms with Gasteiger partial charge in [-0.2, -0.15) is 0 Å². The zero-order valence-electron chi connectivity index (χ0n) is 12.4. The molecule has 2 atom stereocenters. The first kappa shape index (κ1) is 15.2. The van der Waals surface area contributed by atoms with E-state index in [1.807, 2.05) is 24.3 Å². The van der Waals surface area contributed by atoms with Gasteiger partial charge in [-0.25, -0.2) is 0 Å². The molecule has 2 unspecified atom stereocenters. The van der Waals surface area contributed by atoms with Crippen molar-refractivity contribution < 1.29 is 14.6 Å². The molecule has 0 amide bonds. The summed E-state index contributed by atoms with van der Waals surface area (Å²) in [5, 5.41) is 10.2. The van der Waals surface area contributed by atoms with Gasteiger partial charge in [-0.05, 0) is 49.9 Å². The third kappa shape index (κ3) is 4.71. The van der Waals surface area contributed by atoms with Crippen LogP contribution in [-0.2, 0) is 0 Å². The van der Waals surface area contributed by atoms with Crippen molar-refractivity contribution >= 4 is 0 Å². The molecular weight excluding hydrogens is 252 g/mol. The van der Waals surface area contributed by atoms with Crippen LogP contribution < -0.4 is 9.47 Å². The molecular formula is C17H26O3. The molecule has 3 nitrogen and oxygen atoms in total. The summed E-state index contributed by atoms with van der Waals surface area (Å²) in [5.74, 6) is 1.69. The number of hydrogen-bond acceptors (Lipinski definition) is 3. The van der Waals surface area contributed by atoms with Crippen LogP contribution in [0.25, 0.3) is 0 Å². The van der Waals surface area contributed by atoms with E-state index >= 15 is 0 Å². The Kier molecular flexibility index (Phi) is 6.19. The number of aliphatic hydroxyl groups is 1. The summed E-state index contributed by atoms with van der Waals surface area (Å²) in [6.45, 7) is 2.83. The van der Waals surface area contributed by atoms with Gasteiger partial charge < -0.3 is 14.6 Å². The monoisotopic (exact) mass is 278 g/mol. The van der Waals surface area contributed by atoms with Gasteiger partial charge in [-0.1, -0.05) is 26.2 Å². The van der Waals surface area contributed by atoms with E-state index < -0.39 is 0 Å². The second-order valence-electron chi connectivity index (χ2n) is 5.54.